The lowest BCUT2D eigenvalue weighted by Crippen LogP contribution is -2.32. The van der Waals surface area contributed by atoms with E-state index in [2.05, 4.69) is 46.7 Å². The third kappa shape index (κ3) is 5.24. The molecule has 0 bridgehead atoms. The van der Waals surface area contributed by atoms with Crippen molar-refractivity contribution in [3.63, 3.8) is 0 Å². The van der Waals surface area contributed by atoms with Gasteiger partial charge in [-0.2, -0.15) is 0 Å². The number of carbonyl (C=O) groups is 1. The number of rotatable bonds is 6. The Morgan fingerprint density at radius 2 is 1.72 bits per heavy atom. The zero-order valence-corrected chi connectivity index (χ0v) is 14.9. The smallest absolute Gasteiger partial charge is 0.239 e. The van der Waals surface area contributed by atoms with Crippen molar-refractivity contribution in [1.82, 2.24) is 5.32 Å². The lowest BCUT2D eigenvalue weighted by Gasteiger charge is -2.32. The molecular weight excluding hydrogens is 310 g/mol. The van der Waals surface area contributed by atoms with Crippen LogP contribution in [0.5, 0.6) is 0 Å². The number of nitrogens with zero attached hydrogens (tertiary/aromatic N) is 1. The highest BCUT2D eigenvalue weighted by atomic mass is 16.1. The second-order valence-electron chi connectivity index (χ2n) is 6.83. The average molecular weight is 337 g/mol. The molecule has 1 aliphatic rings. The molecule has 1 fully saturated rings. The van der Waals surface area contributed by atoms with Crippen molar-refractivity contribution >= 4 is 17.3 Å². The minimum Gasteiger partial charge on any atom is -0.376 e. The van der Waals surface area contributed by atoms with Crippen LogP contribution in [0.4, 0.5) is 11.4 Å². The molecule has 4 heteroatoms. The van der Waals surface area contributed by atoms with Crippen LogP contribution in [0.1, 0.15) is 25.3 Å². The van der Waals surface area contributed by atoms with Gasteiger partial charge in [-0.25, -0.2) is 0 Å². The standard InChI is InChI=1S/C21H27N3O/c1-17-11-13-24(14-12-17)20-9-7-19(8-10-20)22-16-21(25)23-15-18-5-3-2-4-6-18/h2-10,17,22H,11-16H2,1H3,(H,23,25). The number of anilines is 2. The van der Waals surface area contributed by atoms with Crippen molar-refractivity contribution in [1.29, 1.82) is 0 Å². The maximum absolute atomic E-state index is 12.0. The van der Waals surface area contributed by atoms with E-state index >= 15 is 0 Å². The molecule has 4 nitrogen and oxygen atoms in total. The van der Waals surface area contributed by atoms with E-state index in [0.29, 0.717) is 6.54 Å². The van der Waals surface area contributed by atoms with Crippen LogP contribution in [-0.4, -0.2) is 25.5 Å². The second-order valence-corrected chi connectivity index (χ2v) is 6.83. The third-order valence-electron chi connectivity index (χ3n) is 4.80. The second kappa shape index (κ2) is 8.56. The van der Waals surface area contributed by atoms with E-state index in [-0.39, 0.29) is 12.5 Å². The van der Waals surface area contributed by atoms with Gasteiger partial charge in [-0.05, 0) is 48.6 Å². The molecule has 0 radical (unpaired) electrons. The summed E-state index contributed by atoms with van der Waals surface area (Å²) in [6.45, 7) is 5.44. The predicted octanol–water partition coefficient (Wildman–Crippen LogP) is 3.65. The van der Waals surface area contributed by atoms with Gasteiger partial charge in [-0.15, -0.1) is 0 Å². The third-order valence-corrected chi connectivity index (χ3v) is 4.80. The van der Waals surface area contributed by atoms with E-state index in [1.807, 2.05) is 30.3 Å². The summed E-state index contributed by atoms with van der Waals surface area (Å²) in [4.78, 5) is 14.4. The molecule has 132 valence electrons. The van der Waals surface area contributed by atoms with Gasteiger partial charge < -0.3 is 15.5 Å². The van der Waals surface area contributed by atoms with Crippen molar-refractivity contribution in [3.8, 4) is 0 Å². The Hall–Kier alpha value is -2.49. The Bertz CT molecular complexity index is 661. The quantitative estimate of drug-likeness (QED) is 0.846. The number of carbonyl (C=O) groups excluding carboxylic acids is 1. The molecule has 0 aromatic heterocycles. The largest absolute Gasteiger partial charge is 0.376 e. The summed E-state index contributed by atoms with van der Waals surface area (Å²) in [5.41, 5.74) is 3.35. The fourth-order valence-electron chi connectivity index (χ4n) is 3.10. The fraction of sp³-hybridized carbons (Fsp3) is 0.381. The zero-order valence-electron chi connectivity index (χ0n) is 14.9. The first-order valence-electron chi connectivity index (χ1n) is 9.10. The summed E-state index contributed by atoms with van der Waals surface area (Å²) in [7, 11) is 0. The normalized spacial score (nSPS) is 15.0. The molecule has 3 rings (SSSR count). The number of benzene rings is 2. The maximum Gasteiger partial charge on any atom is 0.239 e. The number of hydrogen-bond donors (Lipinski definition) is 2. The number of nitrogens with one attached hydrogen (secondary N) is 2. The molecule has 0 atom stereocenters. The van der Waals surface area contributed by atoms with Crippen LogP contribution < -0.4 is 15.5 Å². The van der Waals surface area contributed by atoms with Crippen LogP contribution in [0.2, 0.25) is 0 Å². The molecule has 2 aromatic carbocycles. The first-order valence-corrected chi connectivity index (χ1v) is 9.10. The lowest BCUT2D eigenvalue weighted by atomic mass is 9.99. The van der Waals surface area contributed by atoms with Gasteiger partial charge in [0, 0.05) is 31.0 Å². The van der Waals surface area contributed by atoms with Crippen molar-refractivity contribution in [2.24, 2.45) is 5.92 Å². The molecule has 0 aliphatic carbocycles. The molecule has 0 saturated carbocycles. The van der Waals surface area contributed by atoms with E-state index in [4.69, 9.17) is 0 Å². The van der Waals surface area contributed by atoms with Crippen LogP contribution >= 0.6 is 0 Å². The summed E-state index contributed by atoms with van der Waals surface area (Å²) in [6, 6.07) is 18.3. The summed E-state index contributed by atoms with van der Waals surface area (Å²) in [5, 5.41) is 6.11. The molecule has 25 heavy (non-hydrogen) atoms. The average Bonchev–Trinajstić information content (AvgIpc) is 2.67. The molecule has 0 unspecified atom stereocenters. The topological polar surface area (TPSA) is 44.4 Å². The SMILES string of the molecule is CC1CCN(c2ccc(NCC(=O)NCc3ccccc3)cc2)CC1. The van der Waals surface area contributed by atoms with Crippen molar-refractivity contribution in [2.45, 2.75) is 26.3 Å². The number of hydrogen-bond acceptors (Lipinski definition) is 3. The Labute approximate surface area is 150 Å². The van der Waals surface area contributed by atoms with E-state index in [0.717, 1.165) is 30.3 Å². The van der Waals surface area contributed by atoms with Crippen LogP contribution in [0.3, 0.4) is 0 Å². The highest BCUT2D eigenvalue weighted by molar-refractivity contribution is 5.80. The minimum absolute atomic E-state index is 0.00190. The van der Waals surface area contributed by atoms with E-state index in [1.54, 1.807) is 0 Å². The highest BCUT2D eigenvalue weighted by Gasteiger charge is 2.15. The molecule has 2 aromatic rings. The van der Waals surface area contributed by atoms with Gasteiger partial charge >= 0.3 is 0 Å². The van der Waals surface area contributed by atoms with Gasteiger partial charge in [0.05, 0.1) is 6.54 Å². The van der Waals surface area contributed by atoms with E-state index in [9.17, 15) is 4.79 Å². The maximum atomic E-state index is 12.0. The van der Waals surface area contributed by atoms with Crippen LogP contribution in [-0.2, 0) is 11.3 Å². The molecule has 2 N–H and O–H groups in total. The van der Waals surface area contributed by atoms with Gasteiger partial charge in [0.2, 0.25) is 5.91 Å². The van der Waals surface area contributed by atoms with Gasteiger partial charge in [0.15, 0.2) is 0 Å². The van der Waals surface area contributed by atoms with Gasteiger partial charge in [-0.3, -0.25) is 4.79 Å². The van der Waals surface area contributed by atoms with E-state index in [1.165, 1.54) is 18.5 Å². The zero-order chi connectivity index (χ0) is 17.5. The summed E-state index contributed by atoms with van der Waals surface area (Å²) < 4.78 is 0. The summed E-state index contributed by atoms with van der Waals surface area (Å²) >= 11 is 0. The molecule has 0 spiro atoms. The predicted molar refractivity (Wildman–Crippen MR) is 104 cm³/mol. The minimum atomic E-state index is -0.00190. The van der Waals surface area contributed by atoms with Crippen LogP contribution in [0.15, 0.2) is 54.6 Å². The van der Waals surface area contributed by atoms with Gasteiger partial charge in [-0.1, -0.05) is 37.3 Å². The molecule has 1 saturated heterocycles. The molecular formula is C21H27N3O. The van der Waals surface area contributed by atoms with Gasteiger partial charge in [0.25, 0.3) is 0 Å². The number of piperidine rings is 1. The Kier molecular flexibility index (Phi) is 5.94. The molecule has 1 heterocycles. The monoisotopic (exact) mass is 337 g/mol. The van der Waals surface area contributed by atoms with Gasteiger partial charge in [0.1, 0.15) is 0 Å². The Morgan fingerprint density at radius 1 is 1.04 bits per heavy atom. The van der Waals surface area contributed by atoms with Crippen molar-refractivity contribution in [3.05, 3.63) is 60.2 Å². The van der Waals surface area contributed by atoms with Crippen molar-refractivity contribution < 1.29 is 4.79 Å². The Morgan fingerprint density at radius 3 is 2.40 bits per heavy atom. The Balaban J connectivity index is 1.43. The first kappa shape index (κ1) is 17.3. The molecule has 1 amide bonds. The van der Waals surface area contributed by atoms with Crippen LogP contribution in [0.25, 0.3) is 0 Å². The van der Waals surface area contributed by atoms with Crippen molar-refractivity contribution in [2.75, 3.05) is 29.9 Å². The van der Waals surface area contributed by atoms with Crippen LogP contribution in [0, 0.1) is 5.92 Å². The number of amides is 1. The fourth-order valence-corrected chi connectivity index (χ4v) is 3.10. The lowest BCUT2D eigenvalue weighted by molar-refractivity contribution is -0.119. The van der Waals surface area contributed by atoms with E-state index < -0.39 is 0 Å². The molecule has 1 aliphatic heterocycles. The summed E-state index contributed by atoms with van der Waals surface area (Å²) in [6.07, 6.45) is 2.53. The highest BCUT2D eigenvalue weighted by Crippen LogP contribution is 2.24. The first-order chi connectivity index (χ1) is 12.2. The summed E-state index contributed by atoms with van der Waals surface area (Å²) in [5.74, 6) is 0.838.